The number of benzene rings is 1. The van der Waals surface area contributed by atoms with E-state index in [0.717, 1.165) is 42.9 Å². The fourth-order valence-corrected chi connectivity index (χ4v) is 3.24. The Labute approximate surface area is 133 Å². The van der Waals surface area contributed by atoms with E-state index in [1.54, 1.807) is 0 Å². The van der Waals surface area contributed by atoms with Gasteiger partial charge in [0.1, 0.15) is 5.82 Å². The zero-order valence-corrected chi connectivity index (χ0v) is 12.6. The fourth-order valence-electron chi connectivity index (χ4n) is 3.24. The number of fused-ring (bicyclic) bond motifs is 2. The first-order valence-corrected chi connectivity index (χ1v) is 7.84. The van der Waals surface area contributed by atoms with Crippen molar-refractivity contribution in [2.75, 3.05) is 5.32 Å². The third-order valence-electron chi connectivity index (χ3n) is 4.37. The summed E-state index contributed by atoms with van der Waals surface area (Å²) < 4.78 is 1.88. The Morgan fingerprint density at radius 3 is 3.04 bits per heavy atom. The van der Waals surface area contributed by atoms with Gasteiger partial charge in [-0.05, 0) is 24.5 Å². The van der Waals surface area contributed by atoms with Crippen molar-refractivity contribution in [1.82, 2.24) is 20.1 Å². The molecule has 0 radical (unpaired) electrons. The van der Waals surface area contributed by atoms with Crippen LogP contribution in [-0.2, 0) is 17.8 Å². The average molecular weight is 311 g/mol. The number of hydrogen-bond acceptors (Lipinski definition) is 4. The number of hydrogen-bond donors (Lipinski definition) is 2. The summed E-state index contributed by atoms with van der Waals surface area (Å²) in [6.45, 7) is 0.771. The Balaban J connectivity index is 1.60. The minimum atomic E-state index is -0.344. The molecule has 2 aliphatic rings. The van der Waals surface area contributed by atoms with Crippen LogP contribution < -0.4 is 10.6 Å². The molecule has 1 aromatic carbocycles. The second kappa shape index (κ2) is 5.49. The summed E-state index contributed by atoms with van der Waals surface area (Å²) in [6.07, 6.45) is 3.19. The zero-order valence-electron chi connectivity index (χ0n) is 12.6. The van der Waals surface area contributed by atoms with Gasteiger partial charge in [0.2, 0.25) is 11.7 Å². The van der Waals surface area contributed by atoms with Gasteiger partial charge >= 0.3 is 0 Å². The Bertz CT molecular complexity index is 783. The number of carbonyl (C=O) groups is 2. The Morgan fingerprint density at radius 2 is 2.13 bits per heavy atom. The standard InChI is InChI=1S/C16H17N5O2/c22-14-9-12(10-5-1-2-6-11(10)17-14)18-16(23)15-20-19-13-7-3-4-8-21(13)15/h1-2,5-6,12H,3-4,7-9H2,(H,17,22)(H,18,23). The number of rotatable bonds is 2. The molecule has 2 aliphatic heterocycles. The number of para-hydroxylation sites is 1. The molecular weight excluding hydrogens is 294 g/mol. The van der Waals surface area contributed by atoms with Gasteiger partial charge in [-0.2, -0.15) is 0 Å². The minimum Gasteiger partial charge on any atom is -0.342 e. The van der Waals surface area contributed by atoms with Crippen LogP contribution in [0.2, 0.25) is 0 Å². The summed E-state index contributed by atoms with van der Waals surface area (Å²) in [5, 5.41) is 13.9. The number of aryl methyl sites for hydroxylation is 1. The van der Waals surface area contributed by atoms with Crippen LogP contribution in [0, 0.1) is 0 Å². The van der Waals surface area contributed by atoms with Crippen LogP contribution in [-0.4, -0.2) is 26.6 Å². The highest BCUT2D eigenvalue weighted by atomic mass is 16.2. The topological polar surface area (TPSA) is 88.9 Å². The van der Waals surface area contributed by atoms with E-state index in [1.165, 1.54) is 0 Å². The SMILES string of the molecule is O=C1CC(NC(=O)c2nnc3n2CCCC3)c2ccccc2N1. The zero-order chi connectivity index (χ0) is 15.8. The van der Waals surface area contributed by atoms with Crippen LogP contribution in [0.3, 0.4) is 0 Å². The third kappa shape index (κ3) is 2.48. The molecule has 4 rings (SSSR count). The molecule has 0 saturated carbocycles. The van der Waals surface area contributed by atoms with Crippen LogP contribution >= 0.6 is 0 Å². The fraction of sp³-hybridized carbons (Fsp3) is 0.375. The first-order valence-electron chi connectivity index (χ1n) is 7.84. The highest BCUT2D eigenvalue weighted by Gasteiger charge is 2.28. The van der Waals surface area contributed by atoms with Crippen LogP contribution in [0.5, 0.6) is 0 Å². The molecule has 2 amide bonds. The number of amides is 2. The van der Waals surface area contributed by atoms with E-state index < -0.39 is 0 Å². The lowest BCUT2D eigenvalue weighted by atomic mass is 9.97. The van der Waals surface area contributed by atoms with E-state index in [-0.39, 0.29) is 24.3 Å². The summed E-state index contributed by atoms with van der Waals surface area (Å²) in [7, 11) is 0. The molecule has 0 fully saturated rings. The van der Waals surface area contributed by atoms with E-state index in [2.05, 4.69) is 20.8 Å². The number of nitrogens with one attached hydrogen (secondary N) is 2. The molecular formula is C16H17N5O2. The predicted octanol–water partition coefficient (Wildman–Crippen LogP) is 1.43. The maximum absolute atomic E-state index is 12.6. The van der Waals surface area contributed by atoms with Gasteiger partial charge in [-0.1, -0.05) is 18.2 Å². The van der Waals surface area contributed by atoms with Gasteiger partial charge < -0.3 is 15.2 Å². The van der Waals surface area contributed by atoms with E-state index in [0.29, 0.717) is 5.82 Å². The summed E-state index contributed by atoms with van der Waals surface area (Å²) in [5.41, 5.74) is 1.66. The molecule has 23 heavy (non-hydrogen) atoms. The highest BCUT2D eigenvalue weighted by Crippen LogP contribution is 2.30. The summed E-state index contributed by atoms with van der Waals surface area (Å²) >= 11 is 0. The molecule has 118 valence electrons. The lowest BCUT2D eigenvalue weighted by Gasteiger charge is -2.26. The molecule has 0 spiro atoms. The monoisotopic (exact) mass is 311 g/mol. The minimum absolute atomic E-state index is 0.0997. The second-order valence-electron chi connectivity index (χ2n) is 5.91. The molecule has 3 heterocycles. The lowest BCUT2D eigenvalue weighted by Crippen LogP contribution is -2.36. The van der Waals surface area contributed by atoms with E-state index in [9.17, 15) is 9.59 Å². The molecule has 0 bridgehead atoms. The van der Waals surface area contributed by atoms with Crippen LogP contribution in [0.1, 0.15) is 47.3 Å². The molecule has 2 aromatic rings. The lowest BCUT2D eigenvalue weighted by molar-refractivity contribution is -0.116. The van der Waals surface area contributed by atoms with Crippen LogP contribution in [0.4, 0.5) is 5.69 Å². The van der Waals surface area contributed by atoms with E-state index >= 15 is 0 Å². The van der Waals surface area contributed by atoms with Gasteiger partial charge in [0.15, 0.2) is 0 Å². The number of nitrogens with zero attached hydrogens (tertiary/aromatic N) is 3. The maximum Gasteiger partial charge on any atom is 0.289 e. The molecule has 0 aliphatic carbocycles. The number of aromatic nitrogens is 3. The van der Waals surface area contributed by atoms with Crippen molar-refractivity contribution in [2.45, 2.75) is 38.3 Å². The largest absolute Gasteiger partial charge is 0.342 e. The molecule has 1 unspecified atom stereocenters. The molecule has 1 atom stereocenters. The number of carbonyl (C=O) groups excluding carboxylic acids is 2. The molecule has 7 nitrogen and oxygen atoms in total. The average Bonchev–Trinajstić information content (AvgIpc) is 2.99. The molecule has 7 heteroatoms. The quantitative estimate of drug-likeness (QED) is 0.878. The van der Waals surface area contributed by atoms with Crippen molar-refractivity contribution in [2.24, 2.45) is 0 Å². The third-order valence-corrected chi connectivity index (χ3v) is 4.37. The first kappa shape index (κ1) is 13.9. The Hall–Kier alpha value is -2.70. The summed E-state index contributed by atoms with van der Waals surface area (Å²) in [4.78, 5) is 24.4. The normalized spacial score (nSPS) is 19.5. The highest BCUT2D eigenvalue weighted by molar-refractivity contribution is 5.96. The summed E-state index contributed by atoms with van der Waals surface area (Å²) in [5.74, 6) is 0.823. The van der Waals surface area contributed by atoms with Crippen molar-refractivity contribution in [3.05, 3.63) is 41.5 Å². The van der Waals surface area contributed by atoms with Gasteiger partial charge in [-0.25, -0.2) is 0 Å². The Kier molecular flexibility index (Phi) is 3.33. The second-order valence-corrected chi connectivity index (χ2v) is 5.91. The molecule has 0 saturated heterocycles. The smallest absolute Gasteiger partial charge is 0.289 e. The van der Waals surface area contributed by atoms with Crippen molar-refractivity contribution < 1.29 is 9.59 Å². The van der Waals surface area contributed by atoms with E-state index in [4.69, 9.17) is 0 Å². The predicted molar refractivity (Wildman–Crippen MR) is 82.9 cm³/mol. The number of anilines is 1. The van der Waals surface area contributed by atoms with Gasteiger partial charge in [-0.15, -0.1) is 10.2 Å². The Morgan fingerprint density at radius 1 is 1.26 bits per heavy atom. The van der Waals surface area contributed by atoms with Gasteiger partial charge in [0.05, 0.1) is 12.5 Å². The molecule has 2 N–H and O–H groups in total. The maximum atomic E-state index is 12.6. The first-order chi connectivity index (χ1) is 11.2. The van der Waals surface area contributed by atoms with Gasteiger partial charge in [-0.3, -0.25) is 9.59 Å². The summed E-state index contributed by atoms with van der Waals surface area (Å²) in [6, 6.07) is 7.17. The van der Waals surface area contributed by atoms with Crippen molar-refractivity contribution in [3.63, 3.8) is 0 Å². The van der Waals surface area contributed by atoms with E-state index in [1.807, 2.05) is 28.8 Å². The van der Waals surface area contributed by atoms with Crippen LogP contribution in [0.15, 0.2) is 24.3 Å². The van der Waals surface area contributed by atoms with Gasteiger partial charge in [0, 0.05) is 18.7 Å². The van der Waals surface area contributed by atoms with Crippen LogP contribution in [0.25, 0.3) is 0 Å². The van der Waals surface area contributed by atoms with Crippen molar-refractivity contribution >= 4 is 17.5 Å². The molecule has 1 aromatic heterocycles. The van der Waals surface area contributed by atoms with Gasteiger partial charge in [0.25, 0.3) is 5.91 Å². The van der Waals surface area contributed by atoms with Crippen molar-refractivity contribution in [3.8, 4) is 0 Å². The van der Waals surface area contributed by atoms with Crippen molar-refractivity contribution in [1.29, 1.82) is 0 Å².